The van der Waals surface area contributed by atoms with E-state index in [0.717, 1.165) is 16.4 Å². The summed E-state index contributed by atoms with van der Waals surface area (Å²) in [6.07, 6.45) is 0. The highest BCUT2D eigenvalue weighted by atomic mass is 32.2. The van der Waals surface area contributed by atoms with Gasteiger partial charge in [-0.05, 0) is 41.8 Å². The molecule has 0 aliphatic heterocycles. The quantitative estimate of drug-likeness (QED) is 0.193. The first-order valence-corrected chi connectivity index (χ1v) is 13.0. The van der Waals surface area contributed by atoms with Gasteiger partial charge in [-0.3, -0.25) is 8.86 Å². The molecule has 0 spiro atoms. The molecule has 0 unspecified atom stereocenters. The van der Waals surface area contributed by atoms with Gasteiger partial charge in [0, 0.05) is 13.1 Å². The van der Waals surface area contributed by atoms with Crippen LogP contribution in [-0.2, 0) is 20.1 Å². The number of phenolic OH excluding ortho intramolecular Hbond substituents is 1. The number of fused-ring (bicyclic) bond motifs is 1. The molecule has 0 fully saturated rings. The molecule has 4 aromatic carbocycles. The molecule has 0 aliphatic carbocycles. The maximum atomic E-state index is 13.3. The lowest BCUT2D eigenvalue weighted by Crippen LogP contribution is -2.26. The number of nitrogens with two attached hydrogens (primary N) is 1. The number of aromatic hydroxyl groups is 1. The summed E-state index contributed by atoms with van der Waals surface area (Å²) in [5.74, 6) is -0.499. The Kier molecular flexibility index (Phi) is 6.19. The van der Waals surface area contributed by atoms with Crippen molar-refractivity contribution >= 4 is 53.7 Å². The molecule has 4 aromatic rings. The van der Waals surface area contributed by atoms with Crippen molar-refractivity contribution in [3.8, 4) is 5.75 Å². The number of anilines is 2. The average Bonchev–Trinajstić information content (AvgIpc) is 2.83. The highest BCUT2D eigenvalue weighted by Gasteiger charge is 2.24. The largest absolute Gasteiger partial charge is 0.507 e. The maximum absolute atomic E-state index is 13.3. The first-order chi connectivity index (χ1) is 16.5. The van der Waals surface area contributed by atoms with Crippen LogP contribution in [0.1, 0.15) is 0 Å². The first kappa shape index (κ1) is 24.1. The van der Waals surface area contributed by atoms with Crippen molar-refractivity contribution in [3.05, 3.63) is 78.9 Å². The molecule has 0 radical (unpaired) electrons. The van der Waals surface area contributed by atoms with Gasteiger partial charge in [-0.1, -0.05) is 36.4 Å². The second-order valence-corrected chi connectivity index (χ2v) is 10.9. The molecule has 0 aliphatic rings. The predicted molar refractivity (Wildman–Crippen MR) is 132 cm³/mol. The van der Waals surface area contributed by atoms with Crippen LogP contribution in [0.2, 0.25) is 0 Å². The number of nitrogens with zero attached hydrogens (tertiary/aromatic N) is 3. The molecule has 0 heterocycles. The maximum Gasteiger partial charge on any atom is 0.294 e. The van der Waals surface area contributed by atoms with Crippen LogP contribution < -0.4 is 10.0 Å². The summed E-state index contributed by atoms with van der Waals surface area (Å²) in [5.41, 5.74) is 6.63. The fraction of sp³-hybridized carbons (Fsp3) is 0.0435. The third-order valence-electron chi connectivity index (χ3n) is 5.25. The molecule has 4 N–H and O–H groups in total. The monoisotopic (exact) mass is 512 g/mol. The van der Waals surface area contributed by atoms with E-state index in [2.05, 4.69) is 10.2 Å². The normalized spacial score (nSPS) is 12.3. The van der Waals surface area contributed by atoms with E-state index < -0.39 is 30.8 Å². The van der Waals surface area contributed by atoms with Crippen LogP contribution in [0.25, 0.3) is 10.8 Å². The number of benzene rings is 4. The molecule has 35 heavy (non-hydrogen) atoms. The fourth-order valence-corrected chi connectivity index (χ4v) is 5.31. The van der Waals surface area contributed by atoms with Gasteiger partial charge in [-0.15, -0.1) is 10.2 Å². The van der Waals surface area contributed by atoms with Crippen molar-refractivity contribution in [2.45, 2.75) is 9.79 Å². The molecular weight excluding hydrogens is 492 g/mol. The van der Waals surface area contributed by atoms with E-state index in [1.165, 1.54) is 31.3 Å². The number of hydrogen-bond donors (Lipinski definition) is 3. The van der Waals surface area contributed by atoms with Gasteiger partial charge in [0.2, 0.25) is 0 Å². The van der Waals surface area contributed by atoms with Gasteiger partial charge >= 0.3 is 0 Å². The molecule has 12 heteroatoms. The minimum absolute atomic E-state index is 0.00510. The molecule has 180 valence electrons. The number of phenols is 1. The van der Waals surface area contributed by atoms with E-state index in [0.29, 0.717) is 5.69 Å². The Balaban J connectivity index is 1.82. The van der Waals surface area contributed by atoms with E-state index in [4.69, 9.17) is 5.73 Å². The van der Waals surface area contributed by atoms with Crippen molar-refractivity contribution < 1.29 is 26.5 Å². The second kappa shape index (κ2) is 8.98. The van der Waals surface area contributed by atoms with Crippen LogP contribution in [0.3, 0.4) is 0 Å². The molecule has 0 aromatic heterocycles. The first-order valence-electron chi connectivity index (χ1n) is 10.1. The Bertz CT molecular complexity index is 1670. The van der Waals surface area contributed by atoms with Gasteiger partial charge in [0.05, 0.1) is 21.7 Å². The summed E-state index contributed by atoms with van der Waals surface area (Å²) < 4.78 is 60.0. The third kappa shape index (κ3) is 4.67. The Labute approximate surface area is 201 Å². The van der Waals surface area contributed by atoms with Crippen LogP contribution >= 0.6 is 0 Å². The standard InChI is InChI=1S/C23H20N4O6S2/c1-27(16-7-3-2-4-8-16)34(29,30)21-10-6-5-9-19(21)25-26-23-18(24)12-11-15-13-17(35(31,32)33)14-20(28)22(15)23/h2-14,28H,24H2,1H3,(H,31,32,33). The van der Waals surface area contributed by atoms with E-state index >= 15 is 0 Å². The van der Waals surface area contributed by atoms with Gasteiger partial charge < -0.3 is 10.8 Å². The van der Waals surface area contributed by atoms with Crippen LogP contribution in [-0.4, -0.2) is 33.5 Å². The van der Waals surface area contributed by atoms with E-state index in [-0.39, 0.29) is 32.7 Å². The Morgan fingerprint density at radius 3 is 2.20 bits per heavy atom. The number of azo groups is 1. The van der Waals surface area contributed by atoms with Crippen molar-refractivity contribution in [2.24, 2.45) is 10.2 Å². The summed E-state index contributed by atoms with van der Waals surface area (Å²) >= 11 is 0. The number of rotatable bonds is 6. The lowest BCUT2D eigenvalue weighted by Gasteiger charge is -2.20. The predicted octanol–water partition coefficient (Wildman–Crippen LogP) is 4.61. The number of nitrogen functional groups attached to an aromatic ring is 1. The number of sulfonamides is 1. The molecular formula is C23H20N4O6S2. The molecule has 0 atom stereocenters. The Hall–Kier alpha value is -4.00. The molecule has 0 amide bonds. The molecule has 0 saturated heterocycles. The Morgan fingerprint density at radius 2 is 1.51 bits per heavy atom. The summed E-state index contributed by atoms with van der Waals surface area (Å²) in [6.45, 7) is 0. The summed E-state index contributed by atoms with van der Waals surface area (Å²) in [4.78, 5) is -0.609. The van der Waals surface area contributed by atoms with Crippen molar-refractivity contribution in [1.82, 2.24) is 0 Å². The Morgan fingerprint density at radius 1 is 0.857 bits per heavy atom. The lowest BCUT2D eigenvalue weighted by atomic mass is 10.1. The minimum atomic E-state index is -4.56. The lowest BCUT2D eigenvalue weighted by molar-refractivity contribution is 0.471. The zero-order chi connectivity index (χ0) is 25.4. The van der Waals surface area contributed by atoms with Gasteiger partial charge in [0.1, 0.15) is 22.0 Å². The SMILES string of the molecule is CN(c1ccccc1)S(=O)(=O)c1ccccc1N=Nc1c(N)ccc2cc(S(=O)(=O)O)cc(O)c12. The van der Waals surface area contributed by atoms with Crippen LogP contribution in [0, 0.1) is 0 Å². The summed E-state index contributed by atoms with van der Waals surface area (Å²) in [5, 5.41) is 19.0. The topological polar surface area (TPSA) is 163 Å². The zero-order valence-electron chi connectivity index (χ0n) is 18.3. The van der Waals surface area contributed by atoms with Crippen molar-refractivity contribution in [2.75, 3.05) is 17.1 Å². The van der Waals surface area contributed by atoms with Crippen molar-refractivity contribution in [1.29, 1.82) is 0 Å². The van der Waals surface area contributed by atoms with Gasteiger partial charge in [0.15, 0.2) is 0 Å². The smallest absolute Gasteiger partial charge is 0.294 e. The highest BCUT2D eigenvalue weighted by molar-refractivity contribution is 7.93. The number of hydrogen-bond acceptors (Lipinski definition) is 8. The number of para-hydroxylation sites is 1. The highest BCUT2D eigenvalue weighted by Crippen LogP contribution is 2.41. The minimum Gasteiger partial charge on any atom is -0.507 e. The summed E-state index contributed by atoms with van der Waals surface area (Å²) in [6, 6.07) is 19.4. The molecule has 4 rings (SSSR count). The van der Waals surface area contributed by atoms with E-state index in [9.17, 15) is 26.5 Å². The van der Waals surface area contributed by atoms with Crippen molar-refractivity contribution in [3.63, 3.8) is 0 Å². The van der Waals surface area contributed by atoms with Crippen LogP contribution in [0.15, 0.2) is 98.9 Å². The van der Waals surface area contributed by atoms with Gasteiger partial charge in [-0.25, -0.2) is 8.42 Å². The fourth-order valence-electron chi connectivity index (χ4n) is 3.46. The van der Waals surface area contributed by atoms with E-state index in [1.807, 2.05) is 0 Å². The third-order valence-corrected chi connectivity index (χ3v) is 7.92. The summed E-state index contributed by atoms with van der Waals surface area (Å²) in [7, 11) is -7.15. The average molecular weight is 513 g/mol. The molecule has 0 bridgehead atoms. The van der Waals surface area contributed by atoms with Crippen LogP contribution in [0.5, 0.6) is 5.75 Å². The molecule has 0 saturated carbocycles. The zero-order valence-corrected chi connectivity index (χ0v) is 19.9. The molecule has 10 nitrogen and oxygen atoms in total. The van der Waals surface area contributed by atoms with E-state index in [1.54, 1.807) is 42.5 Å². The second-order valence-electron chi connectivity index (χ2n) is 7.49. The van der Waals surface area contributed by atoms with Gasteiger partial charge in [0.25, 0.3) is 20.1 Å². The van der Waals surface area contributed by atoms with Crippen LogP contribution in [0.4, 0.5) is 22.7 Å². The van der Waals surface area contributed by atoms with Gasteiger partial charge in [-0.2, -0.15) is 8.42 Å².